The van der Waals surface area contributed by atoms with Crippen LogP contribution in [-0.2, 0) is 16.8 Å². The standard InChI is InChI=1S/C28H31N3O3/c1-19-8-10-22(30-27(32)24-15-21(28(2,3)4)9-11-26(24)33-5)16-23(19)25-12-14-34-31(25)18-20-7-6-13-29-17-20/h6-13,15-17H,14,18H2,1-5H3,(H,30,32). The summed E-state index contributed by atoms with van der Waals surface area (Å²) in [5.74, 6) is 0.342. The van der Waals surface area contributed by atoms with Gasteiger partial charge in [0.1, 0.15) is 5.75 Å². The number of carbonyl (C=O) groups excluding carboxylic acids is 1. The third-order valence-corrected chi connectivity index (χ3v) is 5.91. The molecule has 4 rings (SSSR count). The molecule has 0 saturated carbocycles. The molecule has 2 aromatic carbocycles. The number of aryl methyl sites for hydroxylation is 1. The Morgan fingerprint density at radius 3 is 2.71 bits per heavy atom. The van der Waals surface area contributed by atoms with E-state index in [0.717, 1.165) is 28.0 Å². The van der Waals surface area contributed by atoms with E-state index in [9.17, 15) is 4.79 Å². The van der Waals surface area contributed by atoms with E-state index in [4.69, 9.17) is 9.57 Å². The molecule has 1 aliphatic rings. The number of rotatable bonds is 6. The van der Waals surface area contributed by atoms with Crippen molar-refractivity contribution >= 4 is 17.3 Å². The number of pyridine rings is 1. The number of ether oxygens (including phenoxy) is 1. The van der Waals surface area contributed by atoms with Crippen LogP contribution in [0.4, 0.5) is 5.69 Å². The zero-order chi connectivity index (χ0) is 24.3. The summed E-state index contributed by atoms with van der Waals surface area (Å²) in [6.45, 7) is 9.51. The Bertz CT molecular complexity index is 1210. The Hall–Kier alpha value is -3.64. The second kappa shape index (κ2) is 9.69. The van der Waals surface area contributed by atoms with Gasteiger partial charge in [-0.2, -0.15) is 0 Å². The molecule has 0 aliphatic carbocycles. The van der Waals surface area contributed by atoms with Gasteiger partial charge >= 0.3 is 0 Å². The minimum Gasteiger partial charge on any atom is -0.496 e. The highest BCUT2D eigenvalue weighted by atomic mass is 16.7. The minimum absolute atomic E-state index is 0.0784. The highest BCUT2D eigenvalue weighted by Crippen LogP contribution is 2.32. The summed E-state index contributed by atoms with van der Waals surface area (Å²) < 4.78 is 5.47. The second-order valence-corrected chi connectivity index (χ2v) is 9.43. The van der Waals surface area contributed by atoms with Gasteiger partial charge in [-0.3, -0.25) is 14.6 Å². The fourth-order valence-corrected chi connectivity index (χ4v) is 3.94. The van der Waals surface area contributed by atoms with E-state index in [1.807, 2.05) is 59.8 Å². The number of carbonyl (C=O) groups is 1. The van der Waals surface area contributed by atoms with Gasteiger partial charge in [0.15, 0.2) is 0 Å². The predicted octanol–water partition coefficient (Wildman–Crippen LogP) is 5.74. The molecule has 0 unspecified atom stereocenters. The van der Waals surface area contributed by atoms with Crippen molar-refractivity contribution in [3.8, 4) is 5.75 Å². The summed E-state index contributed by atoms with van der Waals surface area (Å²) in [6, 6.07) is 15.6. The number of aromatic nitrogens is 1. The van der Waals surface area contributed by atoms with Gasteiger partial charge in [0, 0.05) is 23.6 Å². The number of methoxy groups -OCH3 is 1. The van der Waals surface area contributed by atoms with Crippen LogP contribution in [-0.4, -0.2) is 29.7 Å². The summed E-state index contributed by atoms with van der Waals surface area (Å²) in [7, 11) is 1.58. The first-order valence-electron chi connectivity index (χ1n) is 11.4. The third-order valence-electron chi connectivity index (χ3n) is 5.91. The molecular weight excluding hydrogens is 426 g/mol. The Morgan fingerprint density at radius 1 is 1.18 bits per heavy atom. The van der Waals surface area contributed by atoms with E-state index in [1.165, 1.54) is 0 Å². The van der Waals surface area contributed by atoms with E-state index in [2.05, 4.69) is 44.1 Å². The fourth-order valence-electron chi connectivity index (χ4n) is 3.94. The van der Waals surface area contributed by atoms with Crippen molar-refractivity contribution in [2.24, 2.45) is 0 Å². The van der Waals surface area contributed by atoms with Crippen LogP contribution in [0.5, 0.6) is 5.75 Å². The average molecular weight is 458 g/mol. The number of nitrogens with zero attached hydrogens (tertiary/aromatic N) is 2. The van der Waals surface area contributed by atoms with Crippen LogP contribution >= 0.6 is 0 Å². The molecule has 1 amide bonds. The zero-order valence-corrected chi connectivity index (χ0v) is 20.4. The maximum atomic E-state index is 13.2. The monoisotopic (exact) mass is 457 g/mol. The van der Waals surface area contributed by atoms with Crippen molar-refractivity contribution < 1.29 is 14.4 Å². The van der Waals surface area contributed by atoms with E-state index in [1.54, 1.807) is 13.3 Å². The highest BCUT2D eigenvalue weighted by Gasteiger charge is 2.22. The van der Waals surface area contributed by atoms with Gasteiger partial charge in [0.05, 0.1) is 31.5 Å². The molecule has 34 heavy (non-hydrogen) atoms. The number of amides is 1. The second-order valence-electron chi connectivity index (χ2n) is 9.43. The summed E-state index contributed by atoms with van der Waals surface area (Å²) in [5.41, 5.74) is 6.36. The fraction of sp³-hybridized carbons (Fsp3) is 0.286. The largest absolute Gasteiger partial charge is 0.496 e. The maximum Gasteiger partial charge on any atom is 0.259 e. The van der Waals surface area contributed by atoms with Crippen molar-refractivity contribution in [3.63, 3.8) is 0 Å². The lowest BCUT2D eigenvalue weighted by Crippen LogP contribution is -2.19. The molecule has 6 nitrogen and oxygen atoms in total. The van der Waals surface area contributed by atoms with Crippen molar-refractivity contribution in [3.05, 3.63) is 94.8 Å². The number of anilines is 1. The van der Waals surface area contributed by atoms with Crippen LogP contribution in [0.3, 0.4) is 0 Å². The molecule has 0 saturated heterocycles. The van der Waals surface area contributed by atoms with E-state index >= 15 is 0 Å². The summed E-state index contributed by atoms with van der Waals surface area (Å²) >= 11 is 0. The normalized spacial score (nSPS) is 13.6. The van der Waals surface area contributed by atoms with E-state index in [-0.39, 0.29) is 11.3 Å². The molecule has 0 spiro atoms. The number of hydrogen-bond donors (Lipinski definition) is 1. The number of hydrogen-bond acceptors (Lipinski definition) is 5. The third kappa shape index (κ3) is 5.13. The first kappa shape index (κ1) is 23.5. The Kier molecular flexibility index (Phi) is 6.70. The zero-order valence-electron chi connectivity index (χ0n) is 20.4. The van der Waals surface area contributed by atoms with E-state index < -0.39 is 0 Å². The molecule has 1 N–H and O–H groups in total. The van der Waals surface area contributed by atoms with Gasteiger partial charge in [-0.05, 0) is 65.4 Å². The number of nitrogens with one attached hydrogen (secondary N) is 1. The maximum absolute atomic E-state index is 13.2. The van der Waals surface area contributed by atoms with Crippen LogP contribution in [0.2, 0.25) is 0 Å². The SMILES string of the molecule is COc1ccc(C(C)(C)C)cc1C(=O)Nc1ccc(C)c(C2=CCON2Cc2cccnc2)c1. The van der Waals surface area contributed by atoms with Gasteiger partial charge < -0.3 is 10.1 Å². The van der Waals surface area contributed by atoms with Crippen molar-refractivity contribution in [2.75, 3.05) is 19.0 Å². The van der Waals surface area contributed by atoms with Gasteiger partial charge in [-0.25, -0.2) is 5.06 Å². The quantitative estimate of drug-likeness (QED) is 0.512. The first-order chi connectivity index (χ1) is 16.3. The molecule has 0 bridgehead atoms. The molecule has 2 heterocycles. The lowest BCUT2D eigenvalue weighted by molar-refractivity contribution is -0.0874. The smallest absolute Gasteiger partial charge is 0.259 e. The predicted molar refractivity (Wildman–Crippen MR) is 135 cm³/mol. The van der Waals surface area contributed by atoms with Gasteiger partial charge in [-0.15, -0.1) is 0 Å². The topological polar surface area (TPSA) is 63.7 Å². The van der Waals surface area contributed by atoms with Crippen LogP contribution in [0.1, 0.15) is 53.4 Å². The van der Waals surface area contributed by atoms with Crippen molar-refractivity contribution in [1.82, 2.24) is 10.0 Å². The summed E-state index contributed by atoms with van der Waals surface area (Å²) in [6.07, 6.45) is 5.65. The molecule has 0 atom stereocenters. The van der Waals surface area contributed by atoms with Gasteiger partial charge in [0.25, 0.3) is 5.91 Å². The number of benzene rings is 2. The Labute approximate surface area is 201 Å². The molecule has 1 aliphatic heterocycles. The van der Waals surface area contributed by atoms with Gasteiger partial charge in [0.2, 0.25) is 0 Å². The van der Waals surface area contributed by atoms with Crippen LogP contribution in [0.15, 0.2) is 67.0 Å². The summed E-state index contributed by atoms with van der Waals surface area (Å²) in [5, 5.41) is 4.93. The average Bonchev–Trinajstić information content (AvgIpc) is 3.27. The van der Waals surface area contributed by atoms with Crippen LogP contribution in [0, 0.1) is 6.92 Å². The first-order valence-corrected chi connectivity index (χ1v) is 11.4. The summed E-state index contributed by atoms with van der Waals surface area (Å²) in [4.78, 5) is 23.3. The minimum atomic E-state index is -0.207. The molecule has 1 aromatic heterocycles. The molecule has 0 fully saturated rings. The molecule has 6 heteroatoms. The lowest BCUT2D eigenvalue weighted by Gasteiger charge is -2.23. The number of hydroxylamine groups is 2. The van der Waals surface area contributed by atoms with E-state index in [0.29, 0.717) is 30.2 Å². The van der Waals surface area contributed by atoms with Crippen LogP contribution < -0.4 is 10.1 Å². The van der Waals surface area contributed by atoms with Crippen molar-refractivity contribution in [2.45, 2.75) is 39.7 Å². The Morgan fingerprint density at radius 2 is 2.00 bits per heavy atom. The van der Waals surface area contributed by atoms with Gasteiger partial charge in [-0.1, -0.05) is 39.0 Å². The lowest BCUT2D eigenvalue weighted by atomic mass is 9.86. The highest BCUT2D eigenvalue weighted by molar-refractivity contribution is 6.06. The molecule has 0 radical (unpaired) electrons. The Balaban J connectivity index is 1.59. The molecule has 3 aromatic rings. The molecular formula is C28H31N3O3. The van der Waals surface area contributed by atoms with Crippen molar-refractivity contribution in [1.29, 1.82) is 0 Å². The molecule has 176 valence electrons. The van der Waals surface area contributed by atoms with Crippen LogP contribution in [0.25, 0.3) is 5.70 Å².